The summed E-state index contributed by atoms with van der Waals surface area (Å²) in [6, 6.07) is 7.71. The Morgan fingerprint density at radius 3 is 2.56 bits per heavy atom. The molecular formula is C13H19N3OS. The number of rotatable bonds is 6. The Morgan fingerprint density at radius 1 is 1.39 bits per heavy atom. The van der Waals surface area contributed by atoms with Gasteiger partial charge in [0, 0.05) is 18.7 Å². The summed E-state index contributed by atoms with van der Waals surface area (Å²) < 4.78 is 0. The van der Waals surface area contributed by atoms with E-state index in [-0.39, 0.29) is 5.91 Å². The second-order valence-corrected chi connectivity index (χ2v) is 4.89. The highest BCUT2D eigenvalue weighted by Crippen LogP contribution is 2.08. The number of carbonyl (C=O) groups is 1. The van der Waals surface area contributed by atoms with E-state index < -0.39 is 0 Å². The first kappa shape index (κ1) is 14.6. The van der Waals surface area contributed by atoms with Crippen molar-refractivity contribution in [3.05, 3.63) is 29.8 Å². The van der Waals surface area contributed by atoms with Gasteiger partial charge >= 0.3 is 0 Å². The Hall–Kier alpha value is -1.46. The molecule has 0 aliphatic heterocycles. The van der Waals surface area contributed by atoms with E-state index in [4.69, 9.17) is 18.0 Å². The molecule has 0 heterocycles. The second kappa shape index (κ2) is 7.08. The highest BCUT2D eigenvalue weighted by atomic mass is 32.1. The van der Waals surface area contributed by atoms with Crippen LogP contribution in [0.15, 0.2) is 24.3 Å². The van der Waals surface area contributed by atoms with Crippen LogP contribution in [0.5, 0.6) is 0 Å². The molecule has 1 aromatic rings. The van der Waals surface area contributed by atoms with Crippen LogP contribution in [0.4, 0.5) is 5.69 Å². The van der Waals surface area contributed by atoms with Gasteiger partial charge in [0.15, 0.2) is 0 Å². The van der Waals surface area contributed by atoms with Gasteiger partial charge in [-0.25, -0.2) is 0 Å². The summed E-state index contributed by atoms with van der Waals surface area (Å²) in [5, 5.41) is 2.84. The van der Waals surface area contributed by atoms with Gasteiger partial charge in [0.25, 0.3) is 0 Å². The third-order valence-corrected chi connectivity index (χ3v) is 2.69. The molecule has 0 atom stereocenters. The maximum atomic E-state index is 11.7. The lowest BCUT2D eigenvalue weighted by molar-refractivity contribution is -0.117. The monoisotopic (exact) mass is 265 g/mol. The smallest absolute Gasteiger partial charge is 0.238 e. The normalized spacial score (nSPS) is 10.4. The van der Waals surface area contributed by atoms with E-state index in [1.54, 1.807) is 0 Å². The van der Waals surface area contributed by atoms with Crippen molar-refractivity contribution in [2.45, 2.75) is 13.3 Å². The molecule has 0 aliphatic rings. The zero-order valence-corrected chi connectivity index (χ0v) is 11.6. The zero-order chi connectivity index (χ0) is 13.5. The van der Waals surface area contributed by atoms with Crippen LogP contribution in [0.25, 0.3) is 0 Å². The lowest BCUT2D eigenvalue weighted by Crippen LogP contribution is -2.32. The van der Waals surface area contributed by atoms with Gasteiger partial charge in [0.05, 0.1) is 11.5 Å². The van der Waals surface area contributed by atoms with Crippen molar-refractivity contribution in [1.29, 1.82) is 0 Å². The summed E-state index contributed by atoms with van der Waals surface area (Å²) in [5.41, 5.74) is 7.39. The van der Waals surface area contributed by atoms with Crippen LogP contribution in [0.3, 0.4) is 0 Å². The third-order valence-electron chi connectivity index (χ3n) is 2.49. The maximum Gasteiger partial charge on any atom is 0.238 e. The summed E-state index contributed by atoms with van der Waals surface area (Å²) in [4.78, 5) is 14.1. The van der Waals surface area contributed by atoms with Crippen molar-refractivity contribution >= 4 is 28.8 Å². The first-order chi connectivity index (χ1) is 8.47. The molecule has 0 aromatic heterocycles. The Bertz CT molecular complexity index is 417. The summed E-state index contributed by atoms with van der Waals surface area (Å²) in [7, 11) is 1.87. The fraction of sp³-hybridized carbons (Fsp3) is 0.385. The van der Waals surface area contributed by atoms with Gasteiger partial charge in [0.1, 0.15) is 0 Å². The predicted molar refractivity (Wildman–Crippen MR) is 78.7 cm³/mol. The fourth-order valence-corrected chi connectivity index (χ4v) is 1.55. The Morgan fingerprint density at radius 2 is 2.00 bits per heavy atom. The lowest BCUT2D eigenvalue weighted by Gasteiger charge is -2.15. The quantitative estimate of drug-likeness (QED) is 0.766. The van der Waals surface area contributed by atoms with Crippen LogP contribution in [0.2, 0.25) is 0 Å². The molecule has 0 radical (unpaired) electrons. The van der Waals surface area contributed by atoms with Gasteiger partial charge < -0.3 is 11.1 Å². The second-order valence-electron chi connectivity index (χ2n) is 4.37. The van der Waals surface area contributed by atoms with Gasteiger partial charge in [-0.05, 0) is 26.1 Å². The van der Waals surface area contributed by atoms with Crippen LogP contribution < -0.4 is 11.1 Å². The summed E-state index contributed by atoms with van der Waals surface area (Å²) in [6.07, 6.45) is 0.629. The number of likely N-dealkylation sites (N-methyl/N-ethyl adjacent to an activating group) is 1. The highest BCUT2D eigenvalue weighted by Gasteiger charge is 2.06. The minimum Gasteiger partial charge on any atom is -0.393 e. The van der Waals surface area contributed by atoms with Crippen molar-refractivity contribution in [3.8, 4) is 0 Å². The molecule has 0 spiro atoms. The molecule has 1 aromatic carbocycles. The van der Waals surface area contributed by atoms with Crippen molar-refractivity contribution in [1.82, 2.24) is 4.90 Å². The number of nitrogens with two attached hydrogens (primary N) is 1. The average Bonchev–Trinajstić information content (AvgIpc) is 2.29. The minimum absolute atomic E-state index is 0.0377. The van der Waals surface area contributed by atoms with E-state index in [0.29, 0.717) is 24.5 Å². The van der Waals surface area contributed by atoms with E-state index in [2.05, 4.69) is 5.32 Å². The van der Waals surface area contributed by atoms with Gasteiger partial charge in [-0.3, -0.25) is 9.69 Å². The standard InChI is InChI=1S/C13H19N3OS/c1-10-3-5-11(6-4-10)15-13(17)9-16(2)8-7-12(14)18/h3-6H,7-9H2,1-2H3,(H2,14,18)(H,15,17). The molecule has 0 aliphatic carbocycles. The average molecular weight is 265 g/mol. The Balaban J connectivity index is 2.37. The number of nitrogens with one attached hydrogen (secondary N) is 1. The minimum atomic E-state index is -0.0377. The largest absolute Gasteiger partial charge is 0.393 e. The number of hydrogen-bond acceptors (Lipinski definition) is 3. The van der Waals surface area contributed by atoms with E-state index in [9.17, 15) is 4.79 Å². The van der Waals surface area contributed by atoms with Crippen LogP contribution in [-0.2, 0) is 4.79 Å². The van der Waals surface area contributed by atoms with Crippen LogP contribution in [0.1, 0.15) is 12.0 Å². The van der Waals surface area contributed by atoms with Gasteiger partial charge in [-0.15, -0.1) is 0 Å². The summed E-state index contributed by atoms with van der Waals surface area (Å²) in [6.45, 7) is 3.03. The number of amides is 1. The van der Waals surface area contributed by atoms with E-state index in [1.807, 2.05) is 43.1 Å². The van der Waals surface area contributed by atoms with Gasteiger partial charge in [0.2, 0.25) is 5.91 Å². The molecule has 1 amide bonds. The van der Waals surface area contributed by atoms with E-state index in [0.717, 1.165) is 5.69 Å². The van der Waals surface area contributed by atoms with E-state index >= 15 is 0 Å². The number of hydrogen-bond donors (Lipinski definition) is 2. The van der Waals surface area contributed by atoms with Crippen LogP contribution in [0, 0.1) is 6.92 Å². The molecule has 5 heteroatoms. The molecule has 0 unspecified atom stereocenters. The molecule has 0 fully saturated rings. The molecule has 18 heavy (non-hydrogen) atoms. The fourth-order valence-electron chi connectivity index (χ4n) is 1.46. The van der Waals surface area contributed by atoms with Crippen molar-refractivity contribution < 1.29 is 4.79 Å². The van der Waals surface area contributed by atoms with Gasteiger partial charge in [-0.2, -0.15) is 0 Å². The molecule has 0 bridgehead atoms. The van der Waals surface area contributed by atoms with Gasteiger partial charge in [-0.1, -0.05) is 29.9 Å². The molecule has 1 rings (SSSR count). The number of nitrogens with zero attached hydrogens (tertiary/aromatic N) is 1. The zero-order valence-electron chi connectivity index (χ0n) is 10.8. The van der Waals surface area contributed by atoms with Crippen molar-refractivity contribution in [2.24, 2.45) is 5.73 Å². The molecule has 3 N–H and O–H groups in total. The molecule has 4 nitrogen and oxygen atoms in total. The van der Waals surface area contributed by atoms with Crippen molar-refractivity contribution in [2.75, 3.05) is 25.5 Å². The Kier molecular flexibility index (Phi) is 5.74. The van der Waals surface area contributed by atoms with Crippen molar-refractivity contribution in [3.63, 3.8) is 0 Å². The third kappa shape index (κ3) is 5.75. The maximum absolute atomic E-state index is 11.7. The van der Waals surface area contributed by atoms with Crippen LogP contribution >= 0.6 is 12.2 Å². The SMILES string of the molecule is Cc1ccc(NC(=O)CN(C)CCC(N)=S)cc1. The highest BCUT2D eigenvalue weighted by molar-refractivity contribution is 7.80. The molecular weight excluding hydrogens is 246 g/mol. The number of thiocarbonyl (C=S) groups is 1. The Labute approximate surface area is 113 Å². The number of carbonyl (C=O) groups excluding carboxylic acids is 1. The number of aryl methyl sites for hydroxylation is 1. The molecule has 0 saturated heterocycles. The van der Waals surface area contributed by atoms with Crippen LogP contribution in [-0.4, -0.2) is 35.9 Å². The number of anilines is 1. The first-order valence-corrected chi connectivity index (χ1v) is 6.21. The summed E-state index contributed by atoms with van der Waals surface area (Å²) in [5.74, 6) is -0.0377. The molecule has 98 valence electrons. The number of benzene rings is 1. The van der Waals surface area contributed by atoms with E-state index in [1.165, 1.54) is 5.56 Å². The molecule has 0 saturated carbocycles. The lowest BCUT2D eigenvalue weighted by atomic mass is 10.2. The summed E-state index contributed by atoms with van der Waals surface area (Å²) >= 11 is 4.80. The topological polar surface area (TPSA) is 58.4 Å². The predicted octanol–water partition coefficient (Wildman–Crippen LogP) is 1.54. The first-order valence-electron chi connectivity index (χ1n) is 5.81.